The van der Waals surface area contributed by atoms with Crippen molar-refractivity contribution in [2.75, 3.05) is 5.32 Å². The molecule has 4 rings (SSSR count). The van der Waals surface area contributed by atoms with Crippen molar-refractivity contribution in [3.8, 4) is 11.3 Å². The highest BCUT2D eigenvalue weighted by Crippen LogP contribution is 2.31. The minimum atomic E-state index is 0.582. The molecule has 142 valence electrons. The number of rotatable bonds is 7. The lowest BCUT2D eigenvalue weighted by Crippen LogP contribution is -2.05. The molecule has 0 fully saturated rings. The molecule has 12 heteroatoms. The van der Waals surface area contributed by atoms with Gasteiger partial charge in [0, 0.05) is 18.0 Å². The van der Waals surface area contributed by atoms with E-state index in [1.54, 1.807) is 12.4 Å². The van der Waals surface area contributed by atoms with Crippen LogP contribution in [0, 0.1) is 6.92 Å². The van der Waals surface area contributed by atoms with E-state index < -0.39 is 0 Å². The van der Waals surface area contributed by atoms with Gasteiger partial charge in [-0.25, -0.2) is 9.97 Å². The van der Waals surface area contributed by atoms with Gasteiger partial charge in [-0.05, 0) is 36.3 Å². The number of nitrogens with one attached hydrogen (secondary N) is 3. The maximum atomic E-state index is 5.26. The first kappa shape index (κ1) is 18.0. The number of nitrogens with zero attached hydrogens (tertiary/aromatic N) is 6. The molecule has 0 amide bonds. The van der Waals surface area contributed by atoms with Crippen molar-refractivity contribution in [1.29, 1.82) is 0 Å². The summed E-state index contributed by atoms with van der Waals surface area (Å²) in [6.45, 7) is 5.86. The number of hydrazone groups is 1. The first-order valence-electron chi connectivity index (χ1n) is 8.07. The Hall–Kier alpha value is -3.38. The lowest BCUT2D eigenvalue weighted by atomic mass is 10.3. The predicted octanol–water partition coefficient (Wildman–Crippen LogP) is 2.68. The molecule has 0 unspecified atom stereocenters. The number of hydrogen-bond donors (Lipinski definition) is 4. The second-order valence-corrected chi connectivity index (χ2v) is 7.54. The molecule has 0 saturated carbocycles. The smallest absolute Gasteiger partial charge is 0.181 e. The summed E-state index contributed by atoms with van der Waals surface area (Å²) in [5, 5.41) is 16.1. The fourth-order valence-corrected chi connectivity index (χ4v) is 3.81. The molecule has 0 aliphatic heterocycles. The molecular formula is C16H16N10S2. The molecule has 5 N–H and O–H groups in total. The number of aromatic amines is 1. The highest BCUT2D eigenvalue weighted by Gasteiger charge is 2.15. The Morgan fingerprint density at radius 1 is 1.46 bits per heavy atom. The molecule has 0 aliphatic rings. The minimum absolute atomic E-state index is 0.582. The van der Waals surface area contributed by atoms with Crippen molar-refractivity contribution in [3.05, 3.63) is 48.2 Å². The van der Waals surface area contributed by atoms with Gasteiger partial charge < -0.3 is 11.1 Å². The van der Waals surface area contributed by atoms with Crippen LogP contribution in [0.3, 0.4) is 0 Å². The lowest BCUT2D eigenvalue weighted by Gasteiger charge is -2.10. The van der Waals surface area contributed by atoms with Crippen LogP contribution in [0.2, 0.25) is 0 Å². The molecular weight excluding hydrogens is 396 g/mol. The summed E-state index contributed by atoms with van der Waals surface area (Å²) in [6.07, 6.45) is 8.39. The Morgan fingerprint density at radius 2 is 2.36 bits per heavy atom. The molecule has 0 atom stereocenters. The van der Waals surface area contributed by atoms with Crippen LogP contribution in [0.15, 0.2) is 52.6 Å². The largest absolute Gasteiger partial charge is 0.388 e. The summed E-state index contributed by atoms with van der Waals surface area (Å²) in [7, 11) is 0. The number of anilines is 2. The van der Waals surface area contributed by atoms with Crippen molar-refractivity contribution in [1.82, 2.24) is 34.4 Å². The zero-order valence-electron chi connectivity index (χ0n) is 14.7. The summed E-state index contributed by atoms with van der Waals surface area (Å²) in [6, 6.07) is 1.96. The first-order valence-corrected chi connectivity index (χ1v) is 9.66. The highest BCUT2D eigenvalue weighted by molar-refractivity contribution is 8.02. The molecule has 0 spiro atoms. The summed E-state index contributed by atoms with van der Waals surface area (Å²) in [5.74, 6) is 0.610. The van der Waals surface area contributed by atoms with Crippen LogP contribution >= 0.6 is 23.3 Å². The van der Waals surface area contributed by atoms with Gasteiger partial charge in [0.1, 0.15) is 16.4 Å². The molecule has 28 heavy (non-hydrogen) atoms. The third kappa shape index (κ3) is 3.68. The SMILES string of the molecule is C=C(N/N=C\N)Sc1cn2c(-c3cn[nH]c3)cnc2c(Nc2cc(C)ns2)n1. The number of nitrogens with two attached hydrogens (primary N) is 1. The Bertz CT molecular complexity index is 1140. The normalized spacial score (nSPS) is 11.3. The third-order valence-corrected chi connectivity index (χ3v) is 5.16. The highest BCUT2D eigenvalue weighted by atomic mass is 32.2. The van der Waals surface area contributed by atoms with E-state index in [0.29, 0.717) is 21.5 Å². The van der Waals surface area contributed by atoms with E-state index in [2.05, 4.69) is 47.0 Å². The van der Waals surface area contributed by atoms with Crippen LogP contribution in [0.1, 0.15) is 5.69 Å². The number of fused-ring (bicyclic) bond motifs is 1. The van der Waals surface area contributed by atoms with E-state index in [4.69, 9.17) is 5.73 Å². The van der Waals surface area contributed by atoms with Gasteiger partial charge in [0.05, 0.1) is 28.8 Å². The van der Waals surface area contributed by atoms with Gasteiger partial charge in [0.25, 0.3) is 0 Å². The summed E-state index contributed by atoms with van der Waals surface area (Å²) in [5.41, 5.74) is 11.4. The maximum Gasteiger partial charge on any atom is 0.181 e. The van der Waals surface area contributed by atoms with Crippen molar-refractivity contribution in [2.24, 2.45) is 10.8 Å². The van der Waals surface area contributed by atoms with Crippen molar-refractivity contribution < 1.29 is 0 Å². The average molecular weight is 413 g/mol. The molecule has 0 radical (unpaired) electrons. The summed E-state index contributed by atoms with van der Waals surface area (Å²) in [4.78, 5) is 9.23. The number of aromatic nitrogens is 6. The van der Waals surface area contributed by atoms with E-state index in [-0.39, 0.29) is 0 Å². The van der Waals surface area contributed by atoms with Gasteiger partial charge in [-0.1, -0.05) is 6.58 Å². The molecule has 0 aromatic carbocycles. The lowest BCUT2D eigenvalue weighted by molar-refractivity contribution is 0.952. The zero-order chi connectivity index (χ0) is 19.5. The molecule has 4 aromatic rings. The van der Waals surface area contributed by atoms with Gasteiger partial charge >= 0.3 is 0 Å². The van der Waals surface area contributed by atoms with E-state index in [1.807, 2.05) is 29.8 Å². The second kappa shape index (κ2) is 7.70. The molecule has 0 aliphatic carbocycles. The van der Waals surface area contributed by atoms with Crippen LogP contribution in [-0.2, 0) is 0 Å². The molecule has 4 aromatic heterocycles. The second-order valence-electron chi connectivity index (χ2n) is 5.62. The number of aryl methyl sites for hydroxylation is 1. The quantitative estimate of drug-likeness (QED) is 0.157. The third-order valence-electron chi connectivity index (χ3n) is 3.63. The van der Waals surface area contributed by atoms with Gasteiger partial charge in [-0.3, -0.25) is 14.9 Å². The average Bonchev–Trinajstić information content (AvgIpc) is 3.40. The summed E-state index contributed by atoms with van der Waals surface area (Å²) < 4.78 is 6.25. The van der Waals surface area contributed by atoms with Crippen molar-refractivity contribution in [3.63, 3.8) is 0 Å². The van der Waals surface area contributed by atoms with Gasteiger partial charge in [-0.2, -0.15) is 14.6 Å². The number of H-pyrrole nitrogens is 1. The fraction of sp³-hybridized carbons (Fsp3) is 0.0625. The van der Waals surface area contributed by atoms with E-state index in [1.165, 1.54) is 23.3 Å². The van der Waals surface area contributed by atoms with Crippen LogP contribution in [0.25, 0.3) is 16.9 Å². The Balaban J connectivity index is 1.77. The predicted molar refractivity (Wildman–Crippen MR) is 112 cm³/mol. The molecule has 4 heterocycles. The minimum Gasteiger partial charge on any atom is -0.388 e. The Kier molecular flexibility index (Phi) is 4.95. The number of hydrogen-bond acceptors (Lipinski definition) is 9. The number of thioether (sulfide) groups is 1. The van der Waals surface area contributed by atoms with Gasteiger partial charge in [-0.15, -0.1) is 0 Å². The first-order chi connectivity index (χ1) is 13.6. The van der Waals surface area contributed by atoms with E-state index in [0.717, 1.165) is 28.3 Å². The zero-order valence-corrected chi connectivity index (χ0v) is 16.4. The molecule has 10 nitrogen and oxygen atoms in total. The summed E-state index contributed by atoms with van der Waals surface area (Å²) >= 11 is 2.69. The van der Waals surface area contributed by atoms with Crippen molar-refractivity contribution >= 4 is 46.1 Å². The van der Waals surface area contributed by atoms with Crippen LogP contribution in [0.4, 0.5) is 10.8 Å². The standard InChI is InChI=1S/C16H16N10S2/c1-9-3-13(28-25-9)22-15-16-18-6-12(11-4-19-20-5-11)26(16)7-14(23-15)27-10(2)24-21-8-17/h3-8,24H,2H2,1H3,(H2,17,21)(H,19,20)(H,22,23). The van der Waals surface area contributed by atoms with Crippen LogP contribution in [-0.4, -0.2) is 35.3 Å². The van der Waals surface area contributed by atoms with Gasteiger partial charge in [0.15, 0.2) is 11.5 Å². The monoisotopic (exact) mass is 412 g/mol. The Morgan fingerprint density at radius 3 is 3.07 bits per heavy atom. The Labute approximate surface area is 168 Å². The molecule has 0 bridgehead atoms. The van der Waals surface area contributed by atoms with Gasteiger partial charge in [0.2, 0.25) is 0 Å². The van der Waals surface area contributed by atoms with Crippen molar-refractivity contribution in [2.45, 2.75) is 11.9 Å². The maximum absolute atomic E-state index is 5.26. The molecule has 0 saturated heterocycles. The van der Waals surface area contributed by atoms with E-state index >= 15 is 0 Å². The van der Waals surface area contributed by atoms with E-state index in [9.17, 15) is 0 Å². The topological polar surface area (TPSA) is 134 Å². The van der Waals surface area contributed by atoms with Crippen LogP contribution < -0.4 is 16.5 Å². The number of imidazole rings is 1. The van der Waals surface area contributed by atoms with Crippen LogP contribution in [0.5, 0.6) is 0 Å². The fourth-order valence-electron chi connectivity index (χ4n) is 2.50.